The Kier molecular flexibility index (Phi) is 3.62. The fraction of sp³-hybridized carbons (Fsp3) is 0.0769. The lowest BCUT2D eigenvalue weighted by Crippen LogP contribution is -2.14. The quantitative estimate of drug-likeness (QED) is 0.838. The Morgan fingerprint density at radius 2 is 2.17 bits per heavy atom. The van der Waals surface area contributed by atoms with E-state index in [4.69, 9.17) is 5.73 Å². The Morgan fingerprint density at radius 1 is 1.39 bits per heavy atom. The molecule has 2 aromatic rings. The molecule has 0 aliphatic carbocycles. The van der Waals surface area contributed by atoms with Gasteiger partial charge in [-0.1, -0.05) is 6.07 Å². The van der Waals surface area contributed by atoms with E-state index in [9.17, 15) is 4.79 Å². The molecular formula is C13H12BrN3O. The maximum absolute atomic E-state index is 11.9. The summed E-state index contributed by atoms with van der Waals surface area (Å²) in [5.74, 6) is -0.264. The number of carbonyl (C=O) groups excluding carboxylic acids is 1. The number of aryl methyl sites for hydroxylation is 1. The zero-order valence-corrected chi connectivity index (χ0v) is 11.4. The molecule has 0 atom stereocenters. The molecule has 0 fully saturated rings. The van der Waals surface area contributed by atoms with E-state index < -0.39 is 0 Å². The standard InChI is InChI=1S/C13H12BrN3O/c1-8-6-9(14)12(7-10(8)15)17-13(18)11-4-2-3-5-16-11/h2-7H,15H2,1H3,(H,17,18). The van der Waals surface area contributed by atoms with Crippen LogP contribution < -0.4 is 11.1 Å². The minimum absolute atomic E-state index is 0.264. The van der Waals surface area contributed by atoms with E-state index in [1.54, 1.807) is 30.5 Å². The fourth-order valence-corrected chi connectivity index (χ4v) is 2.03. The number of nitrogens with two attached hydrogens (primary N) is 1. The number of hydrogen-bond donors (Lipinski definition) is 2. The first-order valence-electron chi connectivity index (χ1n) is 5.36. The van der Waals surface area contributed by atoms with Crippen molar-refractivity contribution in [3.05, 3.63) is 52.3 Å². The highest BCUT2D eigenvalue weighted by molar-refractivity contribution is 9.10. The number of anilines is 2. The van der Waals surface area contributed by atoms with Crippen LogP contribution in [-0.4, -0.2) is 10.9 Å². The smallest absolute Gasteiger partial charge is 0.274 e. The van der Waals surface area contributed by atoms with Crippen LogP contribution in [0, 0.1) is 6.92 Å². The zero-order chi connectivity index (χ0) is 13.1. The van der Waals surface area contributed by atoms with E-state index in [-0.39, 0.29) is 5.91 Å². The van der Waals surface area contributed by atoms with Gasteiger partial charge in [0.05, 0.1) is 5.69 Å². The molecule has 4 nitrogen and oxygen atoms in total. The Hall–Kier alpha value is -1.88. The maximum Gasteiger partial charge on any atom is 0.274 e. The summed E-state index contributed by atoms with van der Waals surface area (Å²) in [6.07, 6.45) is 1.58. The number of nitrogens with one attached hydrogen (secondary N) is 1. The molecule has 1 aromatic heterocycles. The first kappa shape index (κ1) is 12.6. The van der Waals surface area contributed by atoms with Gasteiger partial charge in [-0.2, -0.15) is 0 Å². The van der Waals surface area contributed by atoms with E-state index in [1.165, 1.54) is 0 Å². The Balaban J connectivity index is 2.25. The predicted octanol–water partition coefficient (Wildman–Crippen LogP) is 2.99. The van der Waals surface area contributed by atoms with Gasteiger partial charge in [-0.25, -0.2) is 0 Å². The van der Waals surface area contributed by atoms with Gasteiger partial charge in [0, 0.05) is 16.4 Å². The van der Waals surface area contributed by atoms with Crippen molar-refractivity contribution in [3.8, 4) is 0 Å². The summed E-state index contributed by atoms with van der Waals surface area (Å²) in [7, 11) is 0. The third-order valence-electron chi connectivity index (χ3n) is 2.50. The average Bonchev–Trinajstić information content (AvgIpc) is 2.37. The number of halogens is 1. The lowest BCUT2D eigenvalue weighted by molar-refractivity contribution is 0.102. The largest absolute Gasteiger partial charge is 0.398 e. The van der Waals surface area contributed by atoms with E-state index in [0.29, 0.717) is 17.1 Å². The van der Waals surface area contributed by atoms with Crippen LogP contribution in [0.3, 0.4) is 0 Å². The molecule has 0 aliphatic rings. The summed E-state index contributed by atoms with van der Waals surface area (Å²) in [6.45, 7) is 1.91. The van der Waals surface area contributed by atoms with Gasteiger partial charge in [-0.15, -0.1) is 0 Å². The number of rotatable bonds is 2. The van der Waals surface area contributed by atoms with Gasteiger partial charge in [0.25, 0.3) is 5.91 Å². The zero-order valence-electron chi connectivity index (χ0n) is 9.77. The van der Waals surface area contributed by atoms with Crippen LogP contribution in [0.4, 0.5) is 11.4 Å². The van der Waals surface area contributed by atoms with Gasteiger partial charge in [0.2, 0.25) is 0 Å². The highest BCUT2D eigenvalue weighted by atomic mass is 79.9. The van der Waals surface area contributed by atoms with Crippen LogP contribution in [0.5, 0.6) is 0 Å². The summed E-state index contributed by atoms with van der Waals surface area (Å²) in [5.41, 5.74) is 8.40. The summed E-state index contributed by atoms with van der Waals surface area (Å²) in [4.78, 5) is 15.9. The molecule has 2 rings (SSSR count). The molecule has 3 N–H and O–H groups in total. The lowest BCUT2D eigenvalue weighted by Gasteiger charge is -2.09. The molecule has 0 unspecified atom stereocenters. The van der Waals surface area contributed by atoms with Crippen LogP contribution in [0.1, 0.15) is 16.1 Å². The van der Waals surface area contributed by atoms with Crippen molar-refractivity contribution in [1.82, 2.24) is 4.98 Å². The molecule has 0 spiro atoms. The molecule has 1 aromatic carbocycles. The van der Waals surface area contributed by atoms with Crippen molar-refractivity contribution in [2.75, 3.05) is 11.1 Å². The van der Waals surface area contributed by atoms with E-state index in [0.717, 1.165) is 10.0 Å². The van der Waals surface area contributed by atoms with Crippen molar-refractivity contribution in [2.24, 2.45) is 0 Å². The predicted molar refractivity (Wildman–Crippen MR) is 75.5 cm³/mol. The molecule has 1 amide bonds. The number of carbonyl (C=O) groups is 1. The summed E-state index contributed by atoms with van der Waals surface area (Å²) < 4.78 is 0.790. The number of aromatic nitrogens is 1. The van der Waals surface area contributed by atoms with Gasteiger partial charge >= 0.3 is 0 Å². The molecule has 0 saturated carbocycles. The van der Waals surface area contributed by atoms with Gasteiger partial charge in [0.15, 0.2) is 0 Å². The monoisotopic (exact) mass is 305 g/mol. The summed E-state index contributed by atoms with van der Waals surface area (Å²) >= 11 is 3.39. The Labute approximate surface area is 113 Å². The molecule has 18 heavy (non-hydrogen) atoms. The number of hydrogen-bond acceptors (Lipinski definition) is 3. The minimum atomic E-state index is -0.264. The summed E-state index contributed by atoms with van der Waals surface area (Å²) in [6, 6.07) is 8.77. The second-order valence-corrected chi connectivity index (χ2v) is 4.71. The van der Waals surface area contributed by atoms with Crippen LogP contribution >= 0.6 is 15.9 Å². The average molecular weight is 306 g/mol. The molecule has 0 saturated heterocycles. The number of benzene rings is 1. The molecule has 0 aliphatic heterocycles. The normalized spacial score (nSPS) is 10.1. The first-order valence-corrected chi connectivity index (χ1v) is 6.15. The van der Waals surface area contributed by atoms with Crippen LogP contribution in [0.25, 0.3) is 0 Å². The molecule has 5 heteroatoms. The van der Waals surface area contributed by atoms with Crippen molar-refractivity contribution >= 4 is 33.2 Å². The lowest BCUT2D eigenvalue weighted by atomic mass is 10.2. The van der Waals surface area contributed by atoms with Crippen LogP contribution in [0.2, 0.25) is 0 Å². The fourth-order valence-electron chi connectivity index (χ4n) is 1.47. The van der Waals surface area contributed by atoms with E-state index in [2.05, 4.69) is 26.2 Å². The minimum Gasteiger partial charge on any atom is -0.398 e. The molecule has 0 radical (unpaired) electrons. The third kappa shape index (κ3) is 2.68. The molecule has 1 heterocycles. The highest BCUT2D eigenvalue weighted by Crippen LogP contribution is 2.27. The topological polar surface area (TPSA) is 68.0 Å². The van der Waals surface area contributed by atoms with Crippen molar-refractivity contribution in [2.45, 2.75) is 6.92 Å². The highest BCUT2D eigenvalue weighted by Gasteiger charge is 2.10. The number of pyridine rings is 1. The van der Waals surface area contributed by atoms with Crippen molar-refractivity contribution in [3.63, 3.8) is 0 Å². The van der Waals surface area contributed by atoms with E-state index >= 15 is 0 Å². The number of nitrogens with zero attached hydrogens (tertiary/aromatic N) is 1. The van der Waals surface area contributed by atoms with E-state index in [1.807, 2.05) is 13.0 Å². The SMILES string of the molecule is Cc1cc(Br)c(NC(=O)c2ccccn2)cc1N. The molecular weight excluding hydrogens is 294 g/mol. The first-order chi connectivity index (χ1) is 8.58. The third-order valence-corrected chi connectivity index (χ3v) is 3.16. The van der Waals surface area contributed by atoms with Gasteiger partial charge in [-0.05, 0) is 52.7 Å². The Bertz CT molecular complexity index is 584. The van der Waals surface area contributed by atoms with Crippen molar-refractivity contribution < 1.29 is 4.79 Å². The van der Waals surface area contributed by atoms with Crippen LogP contribution in [0.15, 0.2) is 41.0 Å². The Morgan fingerprint density at radius 3 is 2.83 bits per heavy atom. The second kappa shape index (κ2) is 5.18. The molecule has 0 bridgehead atoms. The number of nitrogen functional groups attached to an aromatic ring is 1. The van der Waals surface area contributed by atoms with Gasteiger partial charge in [-0.3, -0.25) is 9.78 Å². The van der Waals surface area contributed by atoms with Crippen LogP contribution in [-0.2, 0) is 0 Å². The van der Waals surface area contributed by atoms with Gasteiger partial charge in [0.1, 0.15) is 5.69 Å². The maximum atomic E-state index is 11.9. The summed E-state index contributed by atoms with van der Waals surface area (Å²) in [5, 5.41) is 2.77. The second-order valence-electron chi connectivity index (χ2n) is 3.86. The van der Waals surface area contributed by atoms with Crippen molar-refractivity contribution in [1.29, 1.82) is 0 Å². The molecule has 92 valence electrons. The van der Waals surface area contributed by atoms with Gasteiger partial charge < -0.3 is 11.1 Å². The number of amides is 1.